The second kappa shape index (κ2) is 7.10. The van der Waals surface area contributed by atoms with Crippen LogP contribution in [0, 0.1) is 11.3 Å². The normalized spacial score (nSPS) is 15.0. The summed E-state index contributed by atoms with van der Waals surface area (Å²) >= 11 is 1.55. The third-order valence-corrected chi connectivity index (χ3v) is 5.64. The van der Waals surface area contributed by atoms with Crippen LogP contribution in [-0.2, 0) is 0 Å². The van der Waals surface area contributed by atoms with E-state index in [1.807, 2.05) is 17.0 Å². The van der Waals surface area contributed by atoms with Gasteiger partial charge >= 0.3 is 0 Å². The average molecular weight is 364 g/mol. The van der Waals surface area contributed by atoms with Crippen LogP contribution in [0.15, 0.2) is 47.1 Å². The summed E-state index contributed by atoms with van der Waals surface area (Å²) in [4.78, 5) is 14.5. The van der Waals surface area contributed by atoms with E-state index < -0.39 is 0 Å². The molecule has 1 saturated heterocycles. The van der Waals surface area contributed by atoms with Crippen LogP contribution in [0.2, 0.25) is 0 Å². The lowest BCUT2D eigenvalue weighted by Gasteiger charge is -2.31. The van der Waals surface area contributed by atoms with Crippen molar-refractivity contribution in [1.82, 2.24) is 15.1 Å². The minimum absolute atomic E-state index is 0.0194. The molecule has 1 amide bonds. The lowest BCUT2D eigenvalue weighted by molar-refractivity contribution is 0.0713. The van der Waals surface area contributed by atoms with E-state index in [1.165, 1.54) is 0 Å². The van der Waals surface area contributed by atoms with Gasteiger partial charge in [-0.3, -0.25) is 4.79 Å². The number of carbonyl (C=O) groups is 1. The molecule has 3 aromatic rings. The summed E-state index contributed by atoms with van der Waals surface area (Å²) < 4.78 is 5.37. The van der Waals surface area contributed by atoms with Crippen molar-refractivity contribution in [3.8, 4) is 16.8 Å². The van der Waals surface area contributed by atoms with Gasteiger partial charge in [0.25, 0.3) is 5.91 Å². The number of hydrogen-bond acceptors (Lipinski definition) is 6. The summed E-state index contributed by atoms with van der Waals surface area (Å²) in [5.74, 6) is 1.03. The molecule has 130 valence electrons. The van der Waals surface area contributed by atoms with Crippen molar-refractivity contribution in [1.29, 1.82) is 5.26 Å². The number of amides is 1. The summed E-state index contributed by atoms with van der Waals surface area (Å²) in [5.41, 5.74) is 1.07. The summed E-state index contributed by atoms with van der Waals surface area (Å²) in [5, 5.41) is 19.3. The Kier molecular flexibility index (Phi) is 4.50. The molecule has 0 atom stereocenters. The smallest absolute Gasteiger partial charge is 0.253 e. The molecule has 0 bridgehead atoms. The largest absolute Gasteiger partial charge is 0.462 e. The molecular weight excluding hydrogens is 348 g/mol. The highest BCUT2D eigenvalue weighted by Gasteiger charge is 2.27. The maximum atomic E-state index is 12.6. The Labute approximate surface area is 154 Å². The number of benzene rings is 1. The molecule has 26 heavy (non-hydrogen) atoms. The highest BCUT2D eigenvalue weighted by Crippen LogP contribution is 2.33. The fourth-order valence-corrected chi connectivity index (χ4v) is 4.11. The van der Waals surface area contributed by atoms with E-state index in [-0.39, 0.29) is 5.91 Å². The Bertz CT molecular complexity index is 950. The number of furan rings is 1. The Hall–Kier alpha value is -2.98. The molecule has 0 saturated carbocycles. The summed E-state index contributed by atoms with van der Waals surface area (Å²) in [6, 6.07) is 12.6. The van der Waals surface area contributed by atoms with Gasteiger partial charge in [0.15, 0.2) is 10.8 Å². The number of rotatable bonds is 3. The molecule has 1 aromatic carbocycles. The second-order valence-corrected chi connectivity index (χ2v) is 7.19. The minimum Gasteiger partial charge on any atom is -0.462 e. The van der Waals surface area contributed by atoms with E-state index in [1.54, 1.807) is 41.9 Å². The molecule has 0 unspecified atom stereocenters. The average Bonchev–Trinajstić information content (AvgIpc) is 3.39. The van der Waals surface area contributed by atoms with Crippen molar-refractivity contribution >= 4 is 17.2 Å². The monoisotopic (exact) mass is 364 g/mol. The third-order valence-electron chi connectivity index (χ3n) is 4.54. The first-order valence-electron chi connectivity index (χ1n) is 8.41. The van der Waals surface area contributed by atoms with Crippen molar-refractivity contribution in [3.05, 3.63) is 58.8 Å². The molecule has 0 radical (unpaired) electrons. The first-order chi connectivity index (χ1) is 12.7. The van der Waals surface area contributed by atoms with Gasteiger partial charge in [0.1, 0.15) is 5.01 Å². The van der Waals surface area contributed by atoms with Crippen LogP contribution in [0.3, 0.4) is 0 Å². The SMILES string of the molecule is N#Cc1cccc(C(=O)N2CCC(c3nnc(-c4ccco4)s3)CC2)c1. The van der Waals surface area contributed by atoms with Crippen LogP contribution in [0.25, 0.3) is 10.8 Å². The third kappa shape index (κ3) is 3.24. The van der Waals surface area contributed by atoms with Gasteiger partial charge in [0.05, 0.1) is 17.9 Å². The topological polar surface area (TPSA) is 83.0 Å². The zero-order valence-corrected chi connectivity index (χ0v) is 14.8. The van der Waals surface area contributed by atoms with Gasteiger partial charge in [-0.25, -0.2) is 0 Å². The summed E-state index contributed by atoms with van der Waals surface area (Å²) in [6.07, 6.45) is 3.34. The van der Waals surface area contributed by atoms with Gasteiger partial charge in [0, 0.05) is 24.6 Å². The lowest BCUT2D eigenvalue weighted by Crippen LogP contribution is -2.37. The van der Waals surface area contributed by atoms with Crippen molar-refractivity contribution < 1.29 is 9.21 Å². The van der Waals surface area contributed by atoms with E-state index in [0.717, 1.165) is 28.6 Å². The van der Waals surface area contributed by atoms with E-state index in [0.29, 0.717) is 30.1 Å². The van der Waals surface area contributed by atoms with E-state index in [2.05, 4.69) is 16.3 Å². The molecule has 1 aliphatic rings. The van der Waals surface area contributed by atoms with Crippen LogP contribution in [-0.4, -0.2) is 34.1 Å². The first-order valence-corrected chi connectivity index (χ1v) is 9.23. The van der Waals surface area contributed by atoms with Crippen molar-refractivity contribution in [2.75, 3.05) is 13.1 Å². The predicted molar refractivity (Wildman–Crippen MR) is 96.6 cm³/mol. The van der Waals surface area contributed by atoms with E-state index in [9.17, 15) is 4.79 Å². The fourth-order valence-electron chi connectivity index (χ4n) is 3.13. The number of hydrogen-bond donors (Lipinski definition) is 0. The van der Waals surface area contributed by atoms with Gasteiger partial charge < -0.3 is 9.32 Å². The zero-order chi connectivity index (χ0) is 17.9. The number of aromatic nitrogens is 2. The Balaban J connectivity index is 1.41. The predicted octanol–water partition coefficient (Wildman–Crippen LogP) is 3.69. The maximum absolute atomic E-state index is 12.6. The van der Waals surface area contributed by atoms with Crippen LogP contribution >= 0.6 is 11.3 Å². The minimum atomic E-state index is -0.0194. The number of piperidine rings is 1. The molecule has 2 aromatic heterocycles. The number of nitrogens with zero attached hydrogens (tertiary/aromatic N) is 4. The summed E-state index contributed by atoms with van der Waals surface area (Å²) in [6.45, 7) is 1.35. The second-order valence-electron chi connectivity index (χ2n) is 6.18. The van der Waals surface area contributed by atoms with Gasteiger partial charge in [-0.2, -0.15) is 5.26 Å². The Morgan fingerprint density at radius 1 is 1.23 bits per heavy atom. The molecule has 6 nitrogen and oxygen atoms in total. The molecule has 0 spiro atoms. The highest BCUT2D eigenvalue weighted by atomic mass is 32.1. The van der Waals surface area contributed by atoms with Gasteiger partial charge in [-0.05, 0) is 43.2 Å². The molecule has 7 heteroatoms. The van der Waals surface area contributed by atoms with Crippen LogP contribution in [0.5, 0.6) is 0 Å². The fraction of sp³-hybridized carbons (Fsp3) is 0.263. The standard InChI is InChI=1S/C19H16N4O2S/c20-12-13-3-1-4-15(11-13)19(24)23-8-6-14(7-9-23)17-21-22-18(26-17)16-5-2-10-25-16/h1-5,10-11,14H,6-9H2. The Morgan fingerprint density at radius 3 is 2.81 bits per heavy atom. The molecule has 0 N–H and O–H groups in total. The number of likely N-dealkylation sites (tertiary alicyclic amines) is 1. The van der Waals surface area contributed by atoms with Crippen molar-refractivity contribution in [2.24, 2.45) is 0 Å². The summed E-state index contributed by atoms with van der Waals surface area (Å²) in [7, 11) is 0. The van der Waals surface area contributed by atoms with Gasteiger partial charge in [0.2, 0.25) is 0 Å². The molecule has 1 fully saturated rings. The molecule has 0 aliphatic carbocycles. The molecule has 4 rings (SSSR count). The van der Waals surface area contributed by atoms with Crippen LogP contribution in [0.1, 0.15) is 39.7 Å². The number of carbonyl (C=O) groups excluding carboxylic acids is 1. The highest BCUT2D eigenvalue weighted by molar-refractivity contribution is 7.14. The van der Waals surface area contributed by atoms with Crippen LogP contribution in [0.4, 0.5) is 0 Å². The lowest BCUT2D eigenvalue weighted by atomic mass is 9.97. The molecule has 3 heterocycles. The Morgan fingerprint density at radius 2 is 2.08 bits per heavy atom. The van der Waals surface area contributed by atoms with E-state index in [4.69, 9.17) is 9.68 Å². The maximum Gasteiger partial charge on any atom is 0.253 e. The molecule has 1 aliphatic heterocycles. The van der Waals surface area contributed by atoms with Crippen molar-refractivity contribution in [2.45, 2.75) is 18.8 Å². The molecular formula is C19H16N4O2S. The first kappa shape index (κ1) is 16.5. The quantitative estimate of drug-likeness (QED) is 0.708. The van der Waals surface area contributed by atoms with Gasteiger partial charge in [-0.1, -0.05) is 17.4 Å². The van der Waals surface area contributed by atoms with E-state index >= 15 is 0 Å². The van der Waals surface area contributed by atoms with Crippen molar-refractivity contribution in [3.63, 3.8) is 0 Å². The zero-order valence-electron chi connectivity index (χ0n) is 14.0. The van der Waals surface area contributed by atoms with Gasteiger partial charge in [-0.15, -0.1) is 10.2 Å². The number of nitriles is 1. The van der Waals surface area contributed by atoms with Crippen LogP contribution < -0.4 is 0 Å².